The molecule has 5 rings (SSSR count). The number of pyridine rings is 1. The van der Waals surface area contributed by atoms with Gasteiger partial charge in [0.05, 0.1) is 23.9 Å². The van der Waals surface area contributed by atoms with Gasteiger partial charge in [-0.05, 0) is 73.2 Å². The van der Waals surface area contributed by atoms with Gasteiger partial charge in [-0.25, -0.2) is 0 Å². The van der Waals surface area contributed by atoms with E-state index in [2.05, 4.69) is 5.16 Å². The number of benzene rings is 3. The van der Waals surface area contributed by atoms with Gasteiger partial charge >= 0.3 is 0 Å². The Kier molecular flexibility index (Phi) is 6.29. The Bertz CT molecular complexity index is 1600. The smallest absolute Gasteiger partial charge is 0.258 e. The minimum absolute atomic E-state index is 0.116. The average molecular weight is 501 g/mol. The molecule has 1 N–H and O–H groups in total. The maximum absolute atomic E-state index is 13.8. The molecule has 0 unspecified atom stereocenters. The van der Waals surface area contributed by atoms with E-state index in [1.54, 1.807) is 35.9 Å². The number of hydrogen-bond donors (Lipinski definition) is 1. The molecule has 2 heterocycles. The molecule has 36 heavy (non-hydrogen) atoms. The lowest BCUT2D eigenvalue weighted by Crippen LogP contribution is -2.23. The summed E-state index contributed by atoms with van der Waals surface area (Å²) in [6.07, 6.45) is 0.652. The third kappa shape index (κ3) is 4.36. The molecule has 0 saturated carbocycles. The molecule has 0 spiro atoms. The van der Waals surface area contributed by atoms with Gasteiger partial charge in [0.1, 0.15) is 17.3 Å². The number of phenolic OH excluding ortho intramolecular Hbond substituents is 1. The highest BCUT2D eigenvalue weighted by molar-refractivity contribution is 6.30. The van der Waals surface area contributed by atoms with E-state index in [1.165, 1.54) is 0 Å². The fourth-order valence-corrected chi connectivity index (χ4v) is 4.73. The molecule has 0 aliphatic heterocycles. The van der Waals surface area contributed by atoms with Crippen LogP contribution >= 0.6 is 11.6 Å². The van der Waals surface area contributed by atoms with Crippen molar-refractivity contribution in [1.82, 2.24) is 9.72 Å². The van der Waals surface area contributed by atoms with Crippen LogP contribution in [-0.2, 0) is 13.0 Å². The number of nitrogens with zero attached hydrogens (tertiary/aromatic N) is 2. The lowest BCUT2D eigenvalue weighted by Gasteiger charge is -2.17. The van der Waals surface area contributed by atoms with Crippen LogP contribution < -0.4 is 10.3 Å². The number of aryl methyl sites for hydroxylation is 4. The topological polar surface area (TPSA) is 77.5 Å². The average Bonchev–Trinajstić information content (AvgIpc) is 3.21. The molecule has 0 saturated heterocycles. The number of fused-ring (bicyclic) bond motifs is 1. The van der Waals surface area contributed by atoms with E-state index in [4.69, 9.17) is 20.9 Å². The number of hydrogen-bond acceptors (Lipinski definition) is 5. The van der Waals surface area contributed by atoms with E-state index in [9.17, 15) is 9.90 Å². The first-order valence-corrected chi connectivity index (χ1v) is 12.0. The van der Waals surface area contributed by atoms with Gasteiger partial charge in [0.25, 0.3) is 5.56 Å². The summed E-state index contributed by atoms with van der Waals surface area (Å²) in [6, 6.07) is 20.1. The Morgan fingerprint density at radius 1 is 1.00 bits per heavy atom. The molecule has 6 nitrogen and oxygen atoms in total. The summed E-state index contributed by atoms with van der Waals surface area (Å²) in [4.78, 5) is 13.8. The van der Waals surface area contributed by atoms with E-state index < -0.39 is 0 Å². The maximum Gasteiger partial charge on any atom is 0.258 e. The second-order valence-electron chi connectivity index (χ2n) is 8.75. The van der Waals surface area contributed by atoms with Gasteiger partial charge in [0.2, 0.25) is 0 Å². The Morgan fingerprint density at radius 3 is 2.33 bits per heavy atom. The Labute approximate surface area is 213 Å². The van der Waals surface area contributed by atoms with Gasteiger partial charge in [-0.15, -0.1) is 0 Å². The fraction of sp³-hybridized carbons (Fsp3) is 0.172. The summed E-state index contributed by atoms with van der Waals surface area (Å²) in [5.74, 6) is 1.47. The molecule has 3 aromatic carbocycles. The monoisotopic (exact) mass is 500 g/mol. The van der Waals surface area contributed by atoms with E-state index in [1.807, 2.05) is 56.3 Å². The van der Waals surface area contributed by atoms with Gasteiger partial charge in [-0.2, -0.15) is 0 Å². The highest BCUT2D eigenvalue weighted by atomic mass is 35.5. The van der Waals surface area contributed by atoms with Gasteiger partial charge in [-0.1, -0.05) is 41.0 Å². The highest BCUT2D eigenvalue weighted by Crippen LogP contribution is 2.38. The lowest BCUT2D eigenvalue weighted by molar-refractivity contribution is 0.393. The molecule has 0 aliphatic rings. The minimum atomic E-state index is -0.116. The molecule has 2 aromatic heterocycles. The van der Waals surface area contributed by atoms with Crippen molar-refractivity contribution in [3.63, 3.8) is 0 Å². The molecule has 182 valence electrons. The van der Waals surface area contributed by atoms with Crippen molar-refractivity contribution >= 4 is 22.5 Å². The van der Waals surface area contributed by atoms with E-state index in [0.717, 1.165) is 38.9 Å². The number of ether oxygens (including phenoxy) is 1. The van der Waals surface area contributed by atoms with Crippen LogP contribution in [0.15, 0.2) is 76.0 Å². The van der Waals surface area contributed by atoms with Crippen molar-refractivity contribution in [2.75, 3.05) is 7.11 Å². The number of aromatic hydroxyl groups is 1. The number of rotatable bonds is 6. The first-order chi connectivity index (χ1) is 17.4. The van der Waals surface area contributed by atoms with Crippen molar-refractivity contribution < 1.29 is 14.4 Å². The van der Waals surface area contributed by atoms with Crippen LogP contribution in [0.25, 0.3) is 33.2 Å². The summed E-state index contributed by atoms with van der Waals surface area (Å²) >= 11 is 6.05. The van der Waals surface area contributed by atoms with Crippen molar-refractivity contribution in [3.8, 4) is 33.8 Å². The highest BCUT2D eigenvalue weighted by Gasteiger charge is 2.20. The van der Waals surface area contributed by atoms with Crippen molar-refractivity contribution in [3.05, 3.63) is 99.1 Å². The fourth-order valence-electron chi connectivity index (χ4n) is 4.60. The number of methoxy groups -OCH3 is 1. The van der Waals surface area contributed by atoms with Gasteiger partial charge in [-0.3, -0.25) is 4.79 Å². The van der Waals surface area contributed by atoms with Crippen LogP contribution in [0.1, 0.15) is 17.0 Å². The summed E-state index contributed by atoms with van der Waals surface area (Å²) in [7, 11) is 1.61. The molecule has 0 amide bonds. The molecular weight excluding hydrogens is 476 g/mol. The number of phenols is 1. The SMILES string of the molecule is COc1cc2c(cc1-c1c(C)noc1C)cc(-c1ccc(O)cc1)c(=O)n2CCc1ccc(Cl)cc1. The third-order valence-corrected chi connectivity index (χ3v) is 6.69. The first-order valence-electron chi connectivity index (χ1n) is 11.6. The van der Waals surface area contributed by atoms with Crippen molar-refractivity contribution in [2.24, 2.45) is 0 Å². The number of aromatic nitrogens is 2. The number of halogens is 1. The van der Waals surface area contributed by atoms with E-state index >= 15 is 0 Å². The Balaban J connectivity index is 1.73. The van der Waals surface area contributed by atoms with Crippen LogP contribution in [0.2, 0.25) is 5.02 Å². The van der Waals surface area contributed by atoms with Crippen LogP contribution in [0.3, 0.4) is 0 Å². The zero-order valence-electron chi connectivity index (χ0n) is 20.2. The van der Waals surface area contributed by atoms with Gasteiger partial charge in [0.15, 0.2) is 0 Å². The molecule has 5 aromatic rings. The maximum atomic E-state index is 13.8. The zero-order chi connectivity index (χ0) is 25.4. The molecule has 0 radical (unpaired) electrons. The molecule has 7 heteroatoms. The lowest BCUT2D eigenvalue weighted by atomic mass is 9.98. The molecule has 0 aliphatic carbocycles. The predicted molar refractivity (Wildman–Crippen MR) is 142 cm³/mol. The molecule has 0 atom stereocenters. The normalized spacial score (nSPS) is 11.2. The minimum Gasteiger partial charge on any atom is -0.508 e. The second kappa shape index (κ2) is 9.55. The third-order valence-electron chi connectivity index (χ3n) is 6.43. The van der Waals surface area contributed by atoms with E-state index in [0.29, 0.717) is 35.1 Å². The van der Waals surface area contributed by atoms with Crippen LogP contribution in [-0.4, -0.2) is 21.9 Å². The zero-order valence-corrected chi connectivity index (χ0v) is 21.0. The quantitative estimate of drug-likeness (QED) is 0.286. The van der Waals surface area contributed by atoms with Gasteiger partial charge < -0.3 is 18.9 Å². The van der Waals surface area contributed by atoms with Crippen LogP contribution in [0.5, 0.6) is 11.5 Å². The summed E-state index contributed by atoms with van der Waals surface area (Å²) in [5.41, 5.74) is 5.50. The summed E-state index contributed by atoms with van der Waals surface area (Å²) in [6.45, 7) is 4.23. The molecule has 0 bridgehead atoms. The Morgan fingerprint density at radius 2 is 1.69 bits per heavy atom. The van der Waals surface area contributed by atoms with Crippen molar-refractivity contribution in [1.29, 1.82) is 0 Å². The van der Waals surface area contributed by atoms with Gasteiger partial charge in [0, 0.05) is 28.8 Å². The largest absolute Gasteiger partial charge is 0.508 e. The Hall–Kier alpha value is -4.03. The molecule has 0 fully saturated rings. The predicted octanol–water partition coefficient (Wildman–Crippen LogP) is 6.55. The van der Waals surface area contributed by atoms with Crippen LogP contribution in [0.4, 0.5) is 0 Å². The van der Waals surface area contributed by atoms with E-state index in [-0.39, 0.29) is 11.3 Å². The van der Waals surface area contributed by atoms with Crippen molar-refractivity contribution in [2.45, 2.75) is 26.8 Å². The first kappa shape index (κ1) is 23.7. The summed E-state index contributed by atoms with van der Waals surface area (Å²) in [5, 5.41) is 15.4. The summed E-state index contributed by atoms with van der Waals surface area (Å²) < 4.78 is 13.0. The van der Waals surface area contributed by atoms with Crippen LogP contribution in [0, 0.1) is 13.8 Å². The standard InChI is InChI=1S/C29H25ClN2O4/c1-17-28(18(2)36-31-17)25-15-21-14-24(20-6-10-23(33)11-7-20)29(34)32(26(21)16-27(25)35-3)13-12-19-4-8-22(30)9-5-19/h4-11,14-16,33H,12-13H2,1-3H3. The second-order valence-corrected chi connectivity index (χ2v) is 9.19. The molecular formula is C29H25ClN2O4.